The normalized spacial score (nSPS) is 11.0. The number of benzene rings is 1. The van der Waals surface area contributed by atoms with Crippen molar-refractivity contribution in [2.75, 3.05) is 12.4 Å². The Morgan fingerprint density at radius 1 is 1.57 bits per heavy atom. The number of nitrogens with one attached hydrogen (secondary N) is 2. The van der Waals surface area contributed by atoms with E-state index in [9.17, 15) is 4.79 Å². The summed E-state index contributed by atoms with van der Waals surface area (Å²) < 4.78 is 5.58. The summed E-state index contributed by atoms with van der Waals surface area (Å²) in [6.07, 6.45) is 1.35. The lowest BCUT2D eigenvalue weighted by Gasteiger charge is -2.12. The average Bonchev–Trinajstić information content (AvgIpc) is 3.04. The van der Waals surface area contributed by atoms with Crippen LogP contribution in [0.2, 0.25) is 5.02 Å². The molecule has 0 aliphatic carbocycles. The van der Waals surface area contributed by atoms with Crippen LogP contribution in [-0.2, 0) is 4.74 Å². The first kappa shape index (κ1) is 17.4. The third-order valence-electron chi connectivity index (χ3n) is 2.63. The fraction of sp³-hybridized carbons (Fsp3) is 0.0833. The molecule has 0 unspecified atom stereocenters. The highest BCUT2D eigenvalue weighted by Gasteiger charge is 2.20. The fourth-order valence-corrected chi connectivity index (χ4v) is 3.64. The van der Waals surface area contributed by atoms with Crippen LogP contribution in [0.5, 0.6) is 0 Å². The van der Waals surface area contributed by atoms with Gasteiger partial charge in [-0.05, 0) is 43.1 Å². The first-order chi connectivity index (χ1) is 11.0. The number of halogens is 3. The molecule has 0 amide bonds. The van der Waals surface area contributed by atoms with Crippen molar-refractivity contribution < 1.29 is 9.53 Å². The van der Waals surface area contributed by atoms with E-state index < -0.39 is 5.97 Å². The molecule has 8 nitrogen and oxygen atoms in total. The SMILES string of the molecule is COC(=O)c1c(Br)cc(Cl)c(NC=C(C#N)c2nn[nH]n2)c1Br. The number of carbonyl (C=O) groups excluding carboxylic acids is 1. The molecule has 0 fully saturated rings. The lowest BCUT2D eigenvalue weighted by atomic mass is 10.2. The van der Waals surface area contributed by atoms with E-state index >= 15 is 0 Å². The predicted molar refractivity (Wildman–Crippen MR) is 89.6 cm³/mol. The number of esters is 1. The maximum atomic E-state index is 11.8. The van der Waals surface area contributed by atoms with Crippen molar-refractivity contribution >= 4 is 60.7 Å². The van der Waals surface area contributed by atoms with Crippen molar-refractivity contribution in [2.45, 2.75) is 0 Å². The number of aromatic amines is 1. The molecule has 0 saturated heterocycles. The largest absolute Gasteiger partial charge is 0.465 e. The maximum absolute atomic E-state index is 11.8. The van der Waals surface area contributed by atoms with E-state index in [2.05, 4.69) is 57.8 Å². The van der Waals surface area contributed by atoms with E-state index in [1.165, 1.54) is 19.4 Å². The fourth-order valence-electron chi connectivity index (χ4n) is 1.58. The van der Waals surface area contributed by atoms with Crippen LogP contribution >= 0.6 is 43.5 Å². The van der Waals surface area contributed by atoms with E-state index in [4.69, 9.17) is 21.6 Å². The molecule has 0 spiro atoms. The molecule has 0 saturated carbocycles. The zero-order valence-corrected chi connectivity index (χ0v) is 15.3. The van der Waals surface area contributed by atoms with Gasteiger partial charge in [0.05, 0.1) is 27.9 Å². The first-order valence-corrected chi connectivity index (χ1v) is 7.82. The van der Waals surface area contributed by atoms with Crippen molar-refractivity contribution in [3.05, 3.63) is 37.6 Å². The van der Waals surface area contributed by atoms with Gasteiger partial charge < -0.3 is 10.1 Å². The van der Waals surface area contributed by atoms with Crippen LogP contribution in [0.4, 0.5) is 5.69 Å². The number of nitrogens with zero attached hydrogens (tertiary/aromatic N) is 4. The van der Waals surface area contributed by atoms with Gasteiger partial charge in [0.2, 0.25) is 5.82 Å². The number of allylic oxidation sites excluding steroid dienone is 1. The minimum Gasteiger partial charge on any atom is -0.465 e. The highest BCUT2D eigenvalue weighted by atomic mass is 79.9. The molecule has 1 aromatic carbocycles. The van der Waals surface area contributed by atoms with Gasteiger partial charge >= 0.3 is 5.97 Å². The van der Waals surface area contributed by atoms with Gasteiger partial charge in [-0.3, -0.25) is 0 Å². The minimum atomic E-state index is -0.550. The molecule has 0 radical (unpaired) electrons. The van der Waals surface area contributed by atoms with Gasteiger partial charge in [-0.15, -0.1) is 10.2 Å². The van der Waals surface area contributed by atoms with Crippen molar-refractivity contribution in [2.24, 2.45) is 0 Å². The standard InChI is InChI=1S/C12H7Br2ClN6O2/c1-23-12(22)8-6(13)2-7(15)10(9(8)14)17-4-5(3-16)11-18-20-21-19-11/h2,4,17H,1H3,(H,18,19,20,21). The molecule has 1 heterocycles. The number of tetrazole rings is 1. The van der Waals surface area contributed by atoms with E-state index in [0.29, 0.717) is 19.7 Å². The van der Waals surface area contributed by atoms with Crippen LogP contribution in [0.3, 0.4) is 0 Å². The van der Waals surface area contributed by atoms with Crippen molar-refractivity contribution in [1.29, 1.82) is 5.26 Å². The third kappa shape index (κ3) is 3.69. The van der Waals surface area contributed by atoms with E-state index in [-0.39, 0.29) is 17.0 Å². The number of rotatable bonds is 4. The first-order valence-electron chi connectivity index (χ1n) is 5.86. The predicted octanol–water partition coefficient (Wildman–Crippen LogP) is 3.14. The molecule has 23 heavy (non-hydrogen) atoms. The lowest BCUT2D eigenvalue weighted by Crippen LogP contribution is -2.06. The Kier molecular flexibility index (Phi) is 5.70. The van der Waals surface area contributed by atoms with Crippen LogP contribution < -0.4 is 5.32 Å². The van der Waals surface area contributed by atoms with Crippen molar-refractivity contribution in [3.63, 3.8) is 0 Å². The number of anilines is 1. The van der Waals surface area contributed by atoms with Gasteiger partial charge in [0.1, 0.15) is 11.6 Å². The maximum Gasteiger partial charge on any atom is 0.340 e. The second-order valence-corrected chi connectivity index (χ2v) is 6.00. The Labute approximate surface area is 152 Å². The molecule has 11 heteroatoms. The number of nitriles is 1. The molecule has 2 aromatic rings. The number of carbonyl (C=O) groups is 1. The highest BCUT2D eigenvalue weighted by molar-refractivity contribution is 9.11. The summed E-state index contributed by atoms with van der Waals surface area (Å²) in [6, 6.07) is 3.46. The van der Waals surface area contributed by atoms with Crippen LogP contribution in [0.25, 0.3) is 5.57 Å². The van der Waals surface area contributed by atoms with E-state index in [1.807, 2.05) is 6.07 Å². The van der Waals surface area contributed by atoms with Crippen molar-refractivity contribution in [1.82, 2.24) is 20.6 Å². The van der Waals surface area contributed by atoms with E-state index in [1.54, 1.807) is 0 Å². The summed E-state index contributed by atoms with van der Waals surface area (Å²) in [6.45, 7) is 0. The second kappa shape index (κ2) is 7.54. The number of aromatic nitrogens is 4. The van der Waals surface area contributed by atoms with Crippen LogP contribution in [0.1, 0.15) is 16.2 Å². The average molecular weight is 462 g/mol. The van der Waals surface area contributed by atoms with Gasteiger partial charge in [0.25, 0.3) is 0 Å². The summed E-state index contributed by atoms with van der Waals surface area (Å²) in [5, 5.41) is 25.4. The Morgan fingerprint density at radius 2 is 2.30 bits per heavy atom. The summed E-state index contributed by atoms with van der Waals surface area (Å²) in [7, 11) is 1.27. The lowest BCUT2D eigenvalue weighted by molar-refractivity contribution is 0.0598. The minimum absolute atomic E-state index is 0.123. The van der Waals surface area contributed by atoms with Gasteiger partial charge in [0, 0.05) is 10.7 Å². The third-order valence-corrected chi connectivity index (χ3v) is 4.34. The smallest absolute Gasteiger partial charge is 0.340 e. The molecule has 0 aliphatic rings. The van der Waals surface area contributed by atoms with Gasteiger partial charge in [0.15, 0.2) is 0 Å². The molecule has 0 atom stereocenters. The zero-order valence-electron chi connectivity index (χ0n) is 11.4. The topological polar surface area (TPSA) is 117 Å². The molecule has 118 valence electrons. The molecule has 2 N–H and O–H groups in total. The Balaban J connectivity index is 2.44. The molecule has 0 bridgehead atoms. The van der Waals surface area contributed by atoms with E-state index in [0.717, 1.165) is 0 Å². The molecular formula is C12H7Br2ClN6O2. The number of H-pyrrole nitrogens is 1. The van der Waals surface area contributed by atoms with Gasteiger partial charge in [-0.25, -0.2) is 4.79 Å². The zero-order chi connectivity index (χ0) is 17.0. The molecule has 0 aliphatic heterocycles. The van der Waals surface area contributed by atoms with Crippen LogP contribution in [0.15, 0.2) is 21.2 Å². The number of methoxy groups -OCH3 is 1. The quantitative estimate of drug-likeness (QED) is 0.530. The Bertz CT molecular complexity index is 816. The van der Waals surface area contributed by atoms with Crippen molar-refractivity contribution in [3.8, 4) is 6.07 Å². The monoisotopic (exact) mass is 460 g/mol. The number of hydrogen-bond acceptors (Lipinski definition) is 7. The van der Waals surface area contributed by atoms with Gasteiger partial charge in [-0.1, -0.05) is 11.6 Å². The molecule has 2 rings (SSSR count). The van der Waals surface area contributed by atoms with Crippen LogP contribution in [-0.4, -0.2) is 33.7 Å². The summed E-state index contributed by atoms with van der Waals surface area (Å²) >= 11 is 12.7. The molecule has 1 aromatic heterocycles. The number of ether oxygens (including phenoxy) is 1. The highest BCUT2D eigenvalue weighted by Crippen LogP contribution is 2.39. The molecular weight excluding hydrogens is 455 g/mol. The Morgan fingerprint density at radius 3 is 2.87 bits per heavy atom. The summed E-state index contributed by atoms with van der Waals surface area (Å²) in [5.74, 6) is -0.427. The Hall–Kier alpha value is -1.96. The van der Waals surface area contributed by atoms with Crippen LogP contribution in [0, 0.1) is 11.3 Å². The summed E-state index contributed by atoms with van der Waals surface area (Å²) in [5.41, 5.74) is 0.765. The second-order valence-electron chi connectivity index (χ2n) is 3.95. The van der Waals surface area contributed by atoms with Gasteiger partial charge in [-0.2, -0.15) is 10.5 Å². The summed E-state index contributed by atoms with van der Waals surface area (Å²) in [4.78, 5) is 11.8. The number of hydrogen-bond donors (Lipinski definition) is 2.